The van der Waals surface area contributed by atoms with Crippen molar-refractivity contribution >= 4 is 11.8 Å². The van der Waals surface area contributed by atoms with Gasteiger partial charge in [-0.3, -0.25) is 14.3 Å². The first-order valence-electron chi connectivity index (χ1n) is 13.9. The Morgan fingerprint density at radius 2 is 1.37 bits per heavy atom. The summed E-state index contributed by atoms with van der Waals surface area (Å²) in [6.07, 6.45) is 34.9. The van der Waals surface area contributed by atoms with Crippen molar-refractivity contribution < 1.29 is 9.59 Å². The minimum absolute atomic E-state index is 0.0721. The van der Waals surface area contributed by atoms with Crippen LogP contribution in [0, 0.1) is 0 Å². The van der Waals surface area contributed by atoms with Gasteiger partial charge >= 0.3 is 0 Å². The molecule has 0 spiro atoms. The van der Waals surface area contributed by atoms with Gasteiger partial charge in [-0.1, -0.05) is 79.8 Å². The minimum atomic E-state index is -0.219. The molecule has 1 aromatic rings. The van der Waals surface area contributed by atoms with Crippen LogP contribution in [0.5, 0.6) is 0 Å². The second kappa shape index (κ2) is 21.7. The third-order valence-corrected chi connectivity index (χ3v) is 5.65. The number of carbonyl (C=O) groups is 2. The van der Waals surface area contributed by atoms with E-state index in [9.17, 15) is 9.59 Å². The molecule has 0 aromatic carbocycles. The number of nitrogens with one attached hydrogen (secondary N) is 1. The zero-order valence-electron chi connectivity index (χ0n) is 23.9. The Kier molecular flexibility index (Phi) is 18.6. The first-order chi connectivity index (χ1) is 18.5. The maximum Gasteiger partial charge on any atom is 0.271 e. The Labute approximate surface area is 230 Å². The molecule has 0 saturated carbocycles. The van der Waals surface area contributed by atoms with Crippen molar-refractivity contribution in [3.05, 3.63) is 90.9 Å². The summed E-state index contributed by atoms with van der Waals surface area (Å²) in [5, 5.41) is 7.08. The summed E-state index contributed by atoms with van der Waals surface area (Å²) in [5.41, 5.74) is 0.394. The van der Waals surface area contributed by atoms with Gasteiger partial charge in [0.05, 0.1) is 0 Å². The second-order valence-corrected chi connectivity index (χ2v) is 9.30. The highest BCUT2D eigenvalue weighted by molar-refractivity contribution is 5.92. The predicted octanol–water partition coefficient (Wildman–Crippen LogP) is 7.13. The van der Waals surface area contributed by atoms with Crippen LogP contribution in [0.3, 0.4) is 0 Å². The molecule has 0 aliphatic carbocycles. The molecule has 0 bridgehead atoms. The highest BCUT2D eigenvalue weighted by Gasteiger charge is 2.12. The van der Waals surface area contributed by atoms with Crippen molar-refractivity contribution in [2.45, 2.75) is 78.2 Å². The largest absolute Gasteiger partial charge is 0.349 e. The number of carbonyl (C=O) groups excluding carboxylic acids is 2. The van der Waals surface area contributed by atoms with Crippen LogP contribution < -0.4 is 5.32 Å². The number of amides is 2. The number of hydrogen-bond acceptors (Lipinski definition) is 3. The zero-order valence-corrected chi connectivity index (χ0v) is 23.9. The molecular formula is C32H48N4O2. The van der Waals surface area contributed by atoms with E-state index in [0.29, 0.717) is 31.6 Å². The number of likely N-dealkylation sites (N-methyl/N-ethyl adjacent to an activating group) is 1. The van der Waals surface area contributed by atoms with Crippen LogP contribution in [0.1, 0.15) is 88.7 Å². The average molecular weight is 521 g/mol. The standard InChI is InChI=1S/C32H48N4O2/c1-5-6-7-8-9-10-11-12-13-14-15-16-17-18-19-20-21-22-23-24-31(37)35(4)28-26-33-32(38)30-25-27-36(34-30)29(2)3/h6-7,9-10,12-13,15-16,18-19,21-22,25,27,29H,5,8,11,14,17,20,23-24,26,28H2,1-4H3,(H,33,38)/b7-6-,10-9-,13-12-,16-15-,19-18-,22-21-. The average Bonchev–Trinajstić information content (AvgIpc) is 3.41. The number of allylic oxidation sites excluding steroid dienone is 12. The second-order valence-electron chi connectivity index (χ2n) is 9.30. The Morgan fingerprint density at radius 3 is 1.84 bits per heavy atom. The summed E-state index contributed by atoms with van der Waals surface area (Å²) in [5.74, 6) is -0.147. The fourth-order valence-corrected chi connectivity index (χ4v) is 3.34. The summed E-state index contributed by atoms with van der Waals surface area (Å²) < 4.78 is 1.75. The quantitative estimate of drug-likeness (QED) is 0.197. The van der Waals surface area contributed by atoms with Gasteiger partial charge in [0.25, 0.3) is 5.91 Å². The van der Waals surface area contributed by atoms with Crippen LogP contribution in [0.25, 0.3) is 0 Å². The summed E-state index contributed by atoms with van der Waals surface area (Å²) in [4.78, 5) is 26.1. The Morgan fingerprint density at radius 1 is 0.868 bits per heavy atom. The van der Waals surface area contributed by atoms with E-state index in [1.807, 2.05) is 13.8 Å². The molecule has 6 nitrogen and oxygen atoms in total. The van der Waals surface area contributed by atoms with Crippen molar-refractivity contribution in [1.29, 1.82) is 0 Å². The third-order valence-electron chi connectivity index (χ3n) is 5.65. The van der Waals surface area contributed by atoms with Gasteiger partial charge in [0.1, 0.15) is 5.69 Å². The Bertz CT molecular complexity index is 964. The van der Waals surface area contributed by atoms with E-state index in [0.717, 1.165) is 38.5 Å². The molecule has 0 radical (unpaired) electrons. The highest BCUT2D eigenvalue weighted by atomic mass is 16.2. The Balaban J connectivity index is 2.06. The van der Waals surface area contributed by atoms with Gasteiger partial charge in [-0.05, 0) is 64.9 Å². The first-order valence-corrected chi connectivity index (χ1v) is 13.9. The lowest BCUT2D eigenvalue weighted by atomic mass is 10.2. The highest BCUT2D eigenvalue weighted by Crippen LogP contribution is 2.04. The third kappa shape index (κ3) is 16.4. The van der Waals surface area contributed by atoms with Crippen LogP contribution >= 0.6 is 0 Å². The lowest BCUT2D eigenvalue weighted by Crippen LogP contribution is -2.36. The summed E-state index contributed by atoms with van der Waals surface area (Å²) in [7, 11) is 1.77. The first kappa shape index (κ1) is 32.6. The van der Waals surface area contributed by atoms with Gasteiger partial charge in [-0.2, -0.15) is 5.10 Å². The molecule has 0 fully saturated rings. The van der Waals surface area contributed by atoms with Gasteiger partial charge in [-0.15, -0.1) is 0 Å². The van der Waals surface area contributed by atoms with Crippen molar-refractivity contribution in [3.8, 4) is 0 Å². The van der Waals surface area contributed by atoms with Crippen molar-refractivity contribution in [2.75, 3.05) is 20.1 Å². The van der Waals surface area contributed by atoms with Crippen molar-refractivity contribution in [1.82, 2.24) is 20.0 Å². The van der Waals surface area contributed by atoms with E-state index < -0.39 is 0 Å². The van der Waals surface area contributed by atoms with E-state index >= 15 is 0 Å². The molecular weight excluding hydrogens is 472 g/mol. The molecule has 1 N–H and O–H groups in total. The molecule has 0 saturated heterocycles. The monoisotopic (exact) mass is 520 g/mol. The summed E-state index contributed by atoms with van der Waals surface area (Å²) in [6.45, 7) is 7.04. The number of nitrogens with zero attached hydrogens (tertiary/aromatic N) is 3. The fraction of sp³-hybridized carbons (Fsp3) is 0.469. The molecule has 1 aromatic heterocycles. The van der Waals surface area contributed by atoms with E-state index in [1.54, 1.807) is 28.9 Å². The van der Waals surface area contributed by atoms with Crippen LogP contribution in [0.4, 0.5) is 0 Å². The molecule has 0 aliphatic heterocycles. The lowest BCUT2D eigenvalue weighted by Gasteiger charge is -2.16. The predicted molar refractivity (Wildman–Crippen MR) is 160 cm³/mol. The van der Waals surface area contributed by atoms with Crippen LogP contribution in [0.2, 0.25) is 0 Å². The van der Waals surface area contributed by atoms with E-state index in [2.05, 4.69) is 90.3 Å². The van der Waals surface area contributed by atoms with E-state index in [-0.39, 0.29) is 17.9 Å². The molecule has 0 unspecified atom stereocenters. The Hall–Kier alpha value is -3.41. The van der Waals surface area contributed by atoms with Crippen LogP contribution in [0.15, 0.2) is 85.2 Å². The maximum absolute atomic E-state index is 12.3. The molecule has 0 atom stereocenters. The fourth-order valence-electron chi connectivity index (χ4n) is 3.34. The maximum atomic E-state index is 12.3. The normalized spacial score (nSPS) is 12.6. The van der Waals surface area contributed by atoms with Crippen LogP contribution in [-0.2, 0) is 4.79 Å². The van der Waals surface area contributed by atoms with Gasteiger partial charge in [0, 0.05) is 38.8 Å². The molecule has 2 amide bonds. The molecule has 0 aliphatic rings. The van der Waals surface area contributed by atoms with E-state index in [4.69, 9.17) is 0 Å². The molecule has 1 rings (SSSR count). The van der Waals surface area contributed by atoms with Crippen LogP contribution in [-0.4, -0.2) is 46.6 Å². The van der Waals surface area contributed by atoms with Gasteiger partial charge in [0.2, 0.25) is 5.91 Å². The van der Waals surface area contributed by atoms with Gasteiger partial charge < -0.3 is 10.2 Å². The topological polar surface area (TPSA) is 67.2 Å². The molecule has 1 heterocycles. The SMILES string of the molecule is CC/C=C\C/C=C\C/C=C\C/C=C\C/C=C\C/C=C\CCC(=O)N(C)CCNC(=O)c1ccn(C(C)C)n1. The smallest absolute Gasteiger partial charge is 0.271 e. The zero-order chi connectivity index (χ0) is 27.8. The number of rotatable bonds is 19. The van der Waals surface area contributed by atoms with Crippen molar-refractivity contribution in [3.63, 3.8) is 0 Å². The van der Waals surface area contributed by atoms with Crippen molar-refractivity contribution in [2.24, 2.45) is 0 Å². The lowest BCUT2D eigenvalue weighted by molar-refractivity contribution is -0.129. The molecule has 38 heavy (non-hydrogen) atoms. The van der Waals surface area contributed by atoms with Gasteiger partial charge in [0.15, 0.2) is 0 Å². The molecule has 6 heteroatoms. The number of hydrogen-bond donors (Lipinski definition) is 1. The minimum Gasteiger partial charge on any atom is -0.349 e. The van der Waals surface area contributed by atoms with Gasteiger partial charge in [-0.25, -0.2) is 0 Å². The summed E-state index contributed by atoms with van der Waals surface area (Å²) >= 11 is 0. The summed E-state index contributed by atoms with van der Waals surface area (Å²) in [6, 6.07) is 1.91. The number of aromatic nitrogens is 2. The molecule has 208 valence electrons. The van der Waals surface area contributed by atoms with E-state index in [1.165, 1.54) is 0 Å².